The van der Waals surface area contributed by atoms with Crippen LogP contribution >= 0.6 is 0 Å². The molecule has 0 unspecified atom stereocenters. The van der Waals surface area contributed by atoms with Crippen LogP contribution in [0.15, 0.2) is 40.4 Å². The zero-order chi connectivity index (χ0) is 14.9. The summed E-state index contributed by atoms with van der Waals surface area (Å²) in [5.74, 6) is -1.35. The highest BCUT2D eigenvalue weighted by Crippen LogP contribution is 2.20. The van der Waals surface area contributed by atoms with E-state index in [0.29, 0.717) is 4.31 Å². The normalized spacial score (nSPS) is 17.2. The first kappa shape index (κ1) is 14.2. The molecule has 1 heterocycles. The molecule has 0 fully saturated rings. The van der Waals surface area contributed by atoms with Gasteiger partial charge in [-0.15, -0.1) is 4.40 Å². The van der Waals surface area contributed by atoms with Crippen LogP contribution in [0.4, 0.5) is 4.39 Å². The number of likely N-dealkylation sites (N-methyl/N-ethyl adjacent to an activating group) is 1. The van der Waals surface area contributed by atoms with E-state index in [9.17, 15) is 17.6 Å². The summed E-state index contributed by atoms with van der Waals surface area (Å²) in [7, 11) is -1.73. The van der Waals surface area contributed by atoms with Gasteiger partial charge < -0.3 is 4.74 Å². The van der Waals surface area contributed by atoms with Gasteiger partial charge in [-0.3, -0.25) is 0 Å². The number of rotatable bonds is 2. The van der Waals surface area contributed by atoms with Crippen LogP contribution in [0, 0.1) is 5.82 Å². The monoisotopic (exact) mass is 298 g/mol. The molecule has 1 aromatic rings. The summed E-state index contributed by atoms with van der Waals surface area (Å²) < 4.78 is 45.7. The van der Waals surface area contributed by atoms with Crippen LogP contribution in [-0.4, -0.2) is 38.6 Å². The minimum atomic E-state index is -4.05. The van der Waals surface area contributed by atoms with Crippen LogP contribution in [0.1, 0.15) is 5.56 Å². The number of halogens is 1. The molecule has 0 spiro atoms. The second-order valence-electron chi connectivity index (χ2n) is 3.95. The Morgan fingerprint density at radius 2 is 2.10 bits per heavy atom. The van der Waals surface area contributed by atoms with Crippen LogP contribution in [0.3, 0.4) is 0 Å². The Morgan fingerprint density at radius 1 is 1.40 bits per heavy atom. The fourth-order valence-electron chi connectivity index (χ4n) is 1.63. The van der Waals surface area contributed by atoms with Crippen molar-refractivity contribution in [3.05, 3.63) is 47.4 Å². The molecule has 20 heavy (non-hydrogen) atoms. The first-order valence-electron chi connectivity index (χ1n) is 5.50. The van der Waals surface area contributed by atoms with Gasteiger partial charge in [0.25, 0.3) is 0 Å². The number of esters is 1. The average Bonchev–Trinajstić information content (AvgIpc) is 2.40. The molecular formula is C12H11FN2O4S. The lowest BCUT2D eigenvalue weighted by Gasteiger charge is -2.22. The van der Waals surface area contributed by atoms with Crippen LogP contribution in [-0.2, 0) is 19.7 Å². The third-order valence-corrected chi connectivity index (χ3v) is 4.00. The van der Waals surface area contributed by atoms with E-state index in [1.165, 1.54) is 31.3 Å². The van der Waals surface area contributed by atoms with Gasteiger partial charge in [0.2, 0.25) is 0 Å². The number of methoxy groups -OCH3 is 1. The summed E-state index contributed by atoms with van der Waals surface area (Å²) in [5, 5.41) is 0. The number of hydrogen-bond acceptors (Lipinski definition) is 4. The van der Waals surface area contributed by atoms with Gasteiger partial charge in [0.15, 0.2) is 0 Å². The highest BCUT2D eigenvalue weighted by atomic mass is 32.2. The van der Waals surface area contributed by atoms with Crippen molar-refractivity contribution in [3.63, 3.8) is 0 Å². The highest BCUT2D eigenvalue weighted by molar-refractivity contribution is 7.88. The SMILES string of the molecule is COC(=O)C1=CC(c2cccc(F)c2)=NS(=O)(=O)N1C. The molecule has 0 saturated carbocycles. The lowest BCUT2D eigenvalue weighted by molar-refractivity contribution is -0.137. The molecule has 0 atom stereocenters. The number of allylic oxidation sites excluding steroid dienone is 1. The van der Waals surface area contributed by atoms with E-state index in [1.54, 1.807) is 0 Å². The van der Waals surface area contributed by atoms with Crippen molar-refractivity contribution in [2.45, 2.75) is 0 Å². The number of hydrogen-bond donors (Lipinski definition) is 0. The van der Waals surface area contributed by atoms with Crippen molar-refractivity contribution >= 4 is 21.9 Å². The maximum absolute atomic E-state index is 13.2. The van der Waals surface area contributed by atoms with Crippen LogP contribution < -0.4 is 0 Å². The van der Waals surface area contributed by atoms with Crippen molar-refractivity contribution < 1.29 is 22.3 Å². The van der Waals surface area contributed by atoms with E-state index < -0.39 is 22.0 Å². The Labute approximate surface area is 115 Å². The van der Waals surface area contributed by atoms with Crippen LogP contribution in [0.2, 0.25) is 0 Å². The van der Waals surface area contributed by atoms with Crippen molar-refractivity contribution in [1.82, 2.24) is 4.31 Å². The lowest BCUT2D eigenvalue weighted by Crippen LogP contribution is -2.33. The predicted octanol–water partition coefficient (Wildman–Crippen LogP) is 0.862. The van der Waals surface area contributed by atoms with Crippen molar-refractivity contribution in [2.75, 3.05) is 14.2 Å². The van der Waals surface area contributed by atoms with Gasteiger partial charge in [-0.05, 0) is 18.2 Å². The molecule has 6 nitrogen and oxygen atoms in total. The largest absolute Gasteiger partial charge is 0.464 e. The van der Waals surface area contributed by atoms with E-state index in [1.807, 2.05) is 0 Å². The van der Waals surface area contributed by atoms with Gasteiger partial charge in [0.05, 0.1) is 12.8 Å². The van der Waals surface area contributed by atoms with E-state index >= 15 is 0 Å². The van der Waals surface area contributed by atoms with Crippen molar-refractivity contribution in [3.8, 4) is 0 Å². The Kier molecular flexibility index (Phi) is 3.58. The van der Waals surface area contributed by atoms with E-state index in [-0.39, 0.29) is 17.0 Å². The Hall–Kier alpha value is -2.22. The zero-order valence-corrected chi connectivity index (χ0v) is 11.5. The standard InChI is InChI=1S/C12H11FN2O4S/c1-15-11(12(16)19-2)7-10(14-20(15,17)18)8-4-3-5-9(13)6-8/h3-7H,1-2H3. The smallest absolute Gasteiger partial charge is 0.355 e. The molecule has 8 heteroatoms. The summed E-state index contributed by atoms with van der Waals surface area (Å²) in [6.45, 7) is 0. The second-order valence-corrected chi connectivity index (χ2v) is 5.58. The van der Waals surface area contributed by atoms with E-state index in [0.717, 1.165) is 13.2 Å². The first-order valence-corrected chi connectivity index (χ1v) is 6.89. The highest BCUT2D eigenvalue weighted by Gasteiger charge is 2.30. The van der Waals surface area contributed by atoms with Crippen molar-refractivity contribution in [2.24, 2.45) is 4.40 Å². The number of carbonyl (C=O) groups excluding carboxylic acids is 1. The molecule has 2 rings (SSSR count). The van der Waals surface area contributed by atoms with Gasteiger partial charge in [-0.2, -0.15) is 8.42 Å². The number of benzene rings is 1. The molecule has 1 aromatic carbocycles. The summed E-state index contributed by atoms with van der Waals surface area (Å²) in [4.78, 5) is 11.6. The van der Waals surface area contributed by atoms with Crippen LogP contribution in [0.25, 0.3) is 0 Å². The summed E-state index contributed by atoms with van der Waals surface area (Å²) in [6.07, 6.45) is 1.24. The van der Waals surface area contributed by atoms with Gasteiger partial charge >= 0.3 is 16.2 Å². The topological polar surface area (TPSA) is 76.0 Å². The fourth-order valence-corrected chi connectivity index (χ4v) is 2.54. The zero-order valence-electron chi connectivity index (χ0n) is 10.7. The van der Waals surface area contributed by atoms with Gasteiger partial charge in [-0.25, -0.2) is 13.5 Å². The molecule has 0 N–H and O–H groups in total. The maximum atomic E-state index is 13.2. The van der Waals surface area contributed by atoms with E-state index in [2.05, 4.69) is 9.13 Å². The third kappa shape index (κ3) is 2.55. The molecule has 0 aromatic heterocycles. The molecular weight excluding hydrogens is 287 g/mol. The Morgan fingerprint density at radius 3 is 2.70 bits per heavy atom. The molecule has 106 valence electrons. The molecule has 0 aliphatic carbocycles. The van der Waals surface area contributed by atoms with E-state index in [4.69, 9.17) is 0 Å². The van der Waals surface area contributed by atoms with Crippen molar-refractivity contribution in [1.29, 1.82) is 0 Å². The summed E-state index contributed by atoms with van der Waals surface area (Å²) in [5.41, 5.74) is 0.0350. The average molecular weight is 298 g/mol. The Bertz CT molecular complexity index is 725. The molecule has 0 radical (unpaired) electrons. The third-order valence-electron chi connectivity index (χ3n) is 2.69. The van der Waals surface area contributed by atoms with Gasteiger partial charge in [0, 0.05) is 12.6 Å². The first-order chi connectivity index (χ1) is 9.35. The molecule has 0 bridgehead atoms. The van der Waals surface area contributed by atoms with Crippen LogP contribution in [0.5, 0.6) is 0 Å². The second kappa shape index (κ2) is 5.04. The molecule has 1 aliphatic rings. The lowest BCUT2D eigenvalue weighted by atomic mass is 10.1. The maximum Gasteiger partial charge on any atom is 0.355 e. The summed E-state index contributed by atoms with van der Waals surface area (Å²) >= 11 is 0. The molecule has 1 aliphatic heterocycles. The Balaban J connectivity index is 2.58. The molecule has 0 amide bonds. The minimum absolute atomic E-state index is 0.0250. The molecule has 0 saturated heterocycles. The van der Waals surface area contributed by atoms with Gasteiger partial charge in [-0.1, -0.05) is 12.1 Å². The fraction of sp³-hybridized carbons (Fsp3) is 0.167. The number of ether oxygens (including phenoxy) is 1. The van der Waals surface area contributed by atoms with Gasteiger partial charge in [0.1, 0.15) is 11.5 Å². The number of carbonyl (C=O) groups is 1. The predicted molar refractivity (Wildman–Crippen MR) is 69.7 cm³/mol. The number of nitrogens with zero attached hydrogens (tertiary/aromatic N) is 2. The minimum Gasteiger partial charge on any atom is -0.464 e. The quantitative estimate of drug-likeness (QED) is 0.759. The summed E-state index contributed by atoms with van der Waals surface area (Å²) in [6, 6.07) is 5.27.